The molecule has 0 atom stereocenters. The number of aryl methyl sites for hydroxylation is 1. The Kier molecular flexibility index (Phi) is 2.79. The van der Waals surface area contributed by atoms with E-state index in [2.05, 4.69) is 4.98 Å². The molecule has 2 aromatic rings. The van der Waals surface area contributed by atoms with Crippen LogP contribution in [-0.2, 0) is 11.2 Å². The van der Waals surface area contributed by atoms with Gasteiger partial charge in [0.15, 0.2) is 0 Å². The second-order valence-electron chi connectivity index (χ2n) is 3.66. The highest BCUT2D eigenvalue weighted by molar-refractivity contribution is 6.31. The number of rotatable bonds is 2. The molecule has 0 aliphatic rings. The van der Waals surface area contributed by atoms with Crippen LogP contribution in [0.3, 0.4) is 0 Å². The molecule has 0 fully saturated rings. The lowest BCUT2D eigenvalue weighted by molar-refractivity contribution is -0.136. The molecule has 0 saturated carbocycles. The van der Waals surface area contributed by atoms with Crippen LogP contribution in [0.25, 0.3) is 10.9 Å². The van der Waals surface area contributed by atoms with E-state index in [0.717, 1.165) is 11.1 Å². The smallest absolute Gasteiger partial charge is 0.307 e. The zero-order chi connectivity index (χ0) is 11.7. The minimum Gasteiger partial charge on any atom is -0.481 e. The second kappa shape index (κ2) is 4.10. The van der Waals surface area contributed by atoms with Gasteiger partial charge in [0.25, 0.3) is 0 Å². The Hall–Kier alpha value is -1.61. The van der Waals surface area contributed by atoms with Gasteiger partial charge in [0.1, 0.15) is 0 Å². The molecule has 0 amide bonds. The van der Waals surface area contributed by atoms with Gasteiger partial charge in [-0.3, -0.25) is 9.78 Å². The van der Waals surface area contributed by atoms with Crippen molar-refractivity contribution in [3.63, 3.8) is 0 Å². The van der Waals surface area contributed by atoms with Crippen molar-refractivity contribution in [1.29, 1.82) is 0 Å². The van der Waals surface area contributed by atoms with Crippen molar-refractivity contribution in [2.75, 3.05) is 0 Å². The Balaban J connectivity index is 2.69. The van der Waals surface area contributed by atoms with E-state index in [1.165, 1.54) is 0 Å². The molecule has 0 unspecified atom stereocenters. The van der Waals surface area contributed by atoms with E-state index in [0.29, 0.717) is 16.1 Å². The Labute approximate surface area is 97.7 Å². The average Bonchev–Trinajstić information content (AvgIpc) is 2.18. The number of pyridine rings is 1. The van der Waals surface area contributed by atoms with Crippen LogP contribution in [0.5, 0.6) is 0 Å². The normalized spacial score (nSPS) is 10.6. The number of carboxylic acid groups (broad SMARTS) is 1. The first-order valence-electron chi connectivity index (χ1n) is 4.84. The first kappa shape index (κ1) is 10.9. The summed E-state index contributed by atoms with van der Waals surface area (Å²) in [4.78, 5) is 15.1. The van der Waals surface area contributed by atoms with E-state index in [4.69, 9.17) is 16.7 Å². The summed E-state index contributed by atoms with van der Waals surface area (Å²) >= 11 is 5.93. The number of halogens is 1. The van der Waals surface area contributed by atoms with Gasteiger partial charge in [-0.2, -0.15) is 0 Å². The number of hydrogen-bond acceptors (Lipinski definition) is 2. The Bertz CT molecular complexity index is 566. The zero-order valence-electron chi connectivity index (χ0n) is 8.70. The second-order valence-corrected chi connectivity index (χ2v) is 4.10. The van der Waals surface area contributed by atoms with Crippen LogP contribution in [0.4, 0.5) is 0 Å². The van der Waals surface area contributed by atoms with Crippen LogP contribution in [-0.4, -0.2) is 16.1 Å². The summed E-state index contributed by atoms with van der Waals surface area (Å²) in [6.07, 6.45) is -0.0620. The van der Waals surface area contributed by atoms with E-state index in [1.807, 2.05) is 19.1 Å². The molecule has 0 saturated heterocycles. The predicted molar refractivity (Wildman–Crippen MR) is 62.8 cm³/mol. The number of benzene rings is 1. The standard InChI is InChI=1S/C12H10ClNO2/c1-7-2-3-8-4-10(13)5-9(6-11(15)16)12(8)14-7/h2-5H,6H2,1H3,(H,15,16). The van der Waals surface area contributed by atoms with Crippen molar-refractivity contribution in [3.05, 3.63) is 40.5 Å². The number of nitrogens with zero attached hydrogens (tertiary/aromatic N) is 1. The van der Waals surface area contributed by atoms with Gasteiger partial charge in [-0.1, -0.05) is 17.7 Å². The first-order valence-corrected chi connectivity index (χ1v) is 5.21. The van der Waals surface area contributed by atoms with Gasteiger partial charge in [0.05, 0.1) is 11.9 Å². The van der Waals surface area contributed by atoms with Crippen LogP contribution in [0.15, 0.2) is 24.3 Å². The first-order chi connectivity index (χ1) is 7.56. The minimum atomic E-state index is -0.883. The van der Waals surface area contributed by atoms with Crippen molar-refractivity contribution in [1.82, 2.24) is 4.98 Å². The number of carboxylic acids is 1. The third-order valence-electron chi connectivity index (χ3n) is 2.32. The van der Waals surface area contributed by atoms with Crippen molar-refractivity contribution in [2.24, 2.45) is 0 Å². The summed E-state index contributed by atoms with van der Waals surface area (Å²) in [5.74, 6) is -0.883. The third-order valence-corrected chi connectivity index (χ3v) is 2.54. The van der Waals surface area contributed by atoms with Crippen molar-refractivity contribution in [2.45, 2.75) is 13.3 Å². The quantitative estimate of drug-likeness (QED) is 0.871. The van der Waals surface area contributed by atoms with Crippen LogP contribution < -0.4 is 0 Å². The summed E-state index contributed by atoms with van der Waals surface area (Å²) in [7, 11) is 0. The lowest BCUT2D eigenvalue weighted by Gasteiger charge is -2.05. The minimum absolute atomic E-state index is 0.0620. The van der Waals surface area contributed by atoms with Crippen LogP contribution >= 0.6 is 11.6 Å². The fourth-order valence-corrected chi connectivity index (χ4v) is 1.91. The fraction of sp³-hybridized carbons (Fsp3) is 0.167. The maximum absolute atomic E-state index is 10.7. The molecular formula is C12H10ClNO2. The van der Waals surface area contributed by atoms with E-state index in [-0.39, 0.29) is 6.42 Å². The average molecular weight is 236 g/mol. The largest absolute Gasteiger partial charge is 0.481 e. The number of aliphatic carboxylic acids is 1. The number of aromatic nitrogens is 1. The lowest BCUT2D eigenvalue weighted by Crippen LogP contribution is -2.02. The Morgan fingerprint density at radius 2 is 2.19 bits per heavy atom. The summed E-state index contributed by atoms with van der Waals surface area (Å²) in [5.41, 5.74) is 2.23. The molecule has 0 radical (unpaired) electrons. The van der Waals surface area contributed by atoms with Crippen LogP contribution in [0.1, 0.15) is 11.3 Å². The van der Waals surface area contributed by atoms with Gasteiger partial charge in [-0.05, 0) is 30.7 Å². The van der Waals surface area contributed by atoms with Crippen molar-refractivity contribution in [3.8, 4) is 0 Å². The van der Waals surface area contributed by atoms with Crippen molar-refractivity contribution >= 4 is 28.5 Å². The highest BCUT2D eigenvalue weighted by atomic mass is 35.5. The predicted octanol–water partition coefficient (Wildman–Crippen LogP) is 2.82. The van der Waals surface area contributed by atoms with Gasteiger partial charge >= 0.3 is 5.97 Å². The van der Waals surface area contributed by atoms with Crippen molar-refractivity contribution < 1.29 is 9.90 Å². The molecule has 2 rings (SSSR count). The maximum Gasteiger partial charge on any atom is 0.307 e. The van der Waals surface area contributed by atoms with Gasteiger partial charge in [0.2, 0.25) is 0 Å². The third kappa shape index (κ3) is 2.14. The number of fused-ring (bicyclic) bond motifs is 1. The van der Waals surface area contributed by atoms with Gasteiger partial charge < -0.3 is 5.11 Å². The monoisotopic (exact) mass is 235 g/mol. The fourth-order valence-electron chi connectivity index (χ4n) is 1.66. The van der Waals surface area contributed by atoms with Crippen LogP contribution in [0.2, 0.25) is 5.02 Å². The molecule has 0 aliphatic heterocycles. The molecule has 4 heteroatoms. The lowest BCUT2D eigenvalue weighted by atomic mass is 10.1. The molecule has 82 valence electrons. The summed E-state index contributed by atoms with van der Waals surface area (Å²) in [5, 5.41) is 10.2. The van der Waals surface area contributed by atoms with Crippen LogP contribution in [0, 0.1) is 6.92 Å². The summed E-state index contributed by atoms with van der Waals surface area (Å²) < 4.78 is 0. The van der Waals surface area contributed by atoms with E-state index >= 15 is 0 Å². The number of carbonyl (C=O) groups is 1. The Morgan fingerprint density at radius 1 is 1.44 bits per heavy atom. The van der Waals surface area contributed by atoms with Gasteiger partial charge in [-0.25, -0.2) is 0 Å². The molecule has 0 bridgehead atoms. The molecule has 1 N–H and O–H groups in total. The molecule has 0 aliphatic carbocycles. The van der Waals surface area contributed by atoms with Gasteiger partial charge in [0, 0.05) is 16.1 Å². The van der Waals surface area contributed by atoms with E-state index in [9.17, 15) is 4.79 Å². The highest BCUT2D eigenvalue weighted by Gasteiger charge is 2.08. The molecule has 1 aromatic heterocycles. The molecular weight excluding hydrogens is 226 g/mol. The zero-order valence-corrected chi connectivity index (χ0v) is 9.45. The van der Waals surface area contributed by atoms with E-state index < -0.39 is 5.97 Å². The molecule has 16 heavy (non-hydrogen) atoms. The Morgan fingerprint density at radius 3 is 2.88 bits per heavy atom. The number of hydrogen-bond donors (Lipinski definition) is 1. The molecule has 0 spiro atoms. The summed E-state index contributed by atoms with van der Waals surface area (Å²) in [6, 6.07) is 7.22. The molecule has 1 aromatic carbocycles. The van der Waals surface area contributed by atoms with E-state index in [1.54, 1.807) is 12.1 Å². The maximum atomic E-state index is 10.7. The SMILES string of the molecule is Cc1ccc2cc(Cl)cc(CC(=O)O)c2n1. The highest BCUT2D eigenvalue weighted by Crippen LogP contribution is 2.23. The topological polar surface area (TPSA) is 50.2 Å². The molecule has 1 heterocycles. The summed E-state index contributed by atoms with van der Waals surface area (Å²) in [6.45, 7) is 1.87. The van der Waals surface area contributed by atoms with Gasteiger partial charge in [-0.15, -0.1) is 0 Å². The molecule has 3 nitrogen and oxygen atoms in total.